The van der Waals surface area contributed by atoms with Crippen LogP contribution in [0.4, 0.5) is 0 Å². The molecule has 0 spiro atoms. The van der Waals surface area contributed by atoms with Crippen molar-refractivity contribution in [2.24, 2.45) is 5.73 Å². The SMILES string of the molecule is NCCCCCCC(=O)NC1CCCc2occc21. The zero-order valence-electron chi connectivity index (χ0n) is 11.5. The van der Waals surface area contributed by atoms with Gasteiger partial charge in [-0.3, -0.25) is 4.79 Å². The minimum atomic E-state index is 0.152. The van der Waals surface area contributed by atoms with Gasteiger partial charge in [0.05, 0.1) is 12.3 Å². The number of fused-ring (bicyclic) bond motifs is 1. The van der Waals surface area contributed by atoms with Gasteiger partial charge in [0.25, 0.3) is 0 Å². The average Bonchev–Trinajstić information content (AvgIpc) is 2.88. The van der Waals surface area contributed by atoms with Gasteiger partial charge in [0.2, 0.25) is 5.91 Å². The number of carbonyl (C=O) groups is 1. The van der Waals surface area contributed by atoms with Crippen LogP contribution in [-0.4, -0.2) is 12.5 Å². The van der Waals surface area contributed by atoms with E-state index >= 15 is 0 Å². The summed E-state index contributed by atoms with van der Waals surface area (Å²) < 4.78 is 5.43. The van der Waals surface area contributed by atoms with Gasteiger partial charge in [-0.25, -0.2) is 0 Å². The van der Waals surface area contributed by atoms with Crippen molar-refractivity contribution in [3.8, 4) is 0 Å². The Balaban J connectivity index is 1.72. The summed E-state index contributed by atoms with van der Waals surface area (Å²) >= 11 is 0. The fourth-order valence-electron chi connectivity index (χ4n) is 2.69. The smallest absolute Gasteiger partial charge is 0.220 e. The molecule has 4 heteroatoms. The summed E-state index contributed by atoms with van der Waals surface area (Å²) in [5.74, 6) is 1.20. The third-order valence-corrected chi connectivity index (χ3v) is 3.75. The average molecular weight is 264 g/mol. The molecule has 0 saturated heterocycles. The molecule has 19 heavy (non-hydrogen) atoms. The lowest BCUT2D eigenvalue weighted by Crippen LogP contribution is -2.30. The lowest BCUT2D eigenvalue weighted by molar-refractivity contribution is -0.122. The summed E-state index contributed by atoms with van der Waals surface area (Å²) in [7, 11) is 0. The topological polar surface area (TPSA) is 68.3 Å². The predicted molar refractivity (Wildman–Crippen MR) is 74.7 cm³/mol. The summed E-state index contributed by atoms with van der Waals surface area (Å²) in [4.78, 5) is 11.9. The Morgan fingerprint density at radius 3 is 3.05 bits per heavy atom. The van der Waals surface area contributed by atoms with E-state index in [0.29, 0.717) is 6.42 Å². The molecule has 1 heterocycles. The maximum Gasteiger partial charge on any atom is 0.220 e. The van der Waals surface area contributed by atoms with Gasteiger partial charge in [0.1, 0.15) is 5.76 Å². The molecule has 1 atom stereocenters. The maximum atomic E-state index is 11.9. The van der Waals surface area contributed by atoms with Crippen LogP contribution in [0.2, 0.25) is 0 Å². The molecule has 1 aromatic rings. The third kappa shape index (κ3) is 4.10. The zero-order valence-corrected chi connectivity index (χ0v) is 11.5. The van der Waals surface area contributed by atoms with Gasteiger partial charge >= 0.3 is 0 Å². The quantitative estimate of drug-likeness (QED) is 0.744. The standard InChI is InChI=1S/C15H24N2O2/c16-10-4-2-1-3-8-15(18)17-13-6-5-7-14-12(13)9-11-19-14/h9,11,13H,1-8,10,16H2,(H,17,18). The highest BCUT2D eigenvalue weighted by Crippen LogP contribution is 2.30. The largest absolute Gasteiger partial charge is 0.469 e. The Kier molecular flexibility index (Phi) is 5.45. The van der Waals surface area contributed by atoms with Crippen molar-refractivity contribution in [2.75, 3.05) is 6.54 Å². The molecule has 1 aliphatic carbocycles. The number of hydrogen-bond donors (Lipinski definition) is 2. The van der Waals surface area contributed by atoms with E-state index in [9.17, 15) is 4.79 Å². The molecule has 0 saturated carbocycles. The molecule has 106 valence electrons. The summed E-state index contributed by atoms with van der Waals surface area (Å²) in [6.07, 6.45) is 9.67. The first-order chi connectivity index (χ1) is 9.31. The highest BCUT2D eigenvalue weighted by Gasteiger charge is 2.23. The number of carbonyl (C=O) groups excluding carboxylic acids is 1. The van der Waals surface area contributed by atoms with Crippen LogP contribution in [-0.2, 0) is 11.2 Å². The Labute approximate surface area is 114 Å². The number of hydrogen-bond acceptors (Lipinski definition) is 3. The van der Waals surface area contributed by atoms with Gasteiger partial charge in [-0.15, -0.1) is 0 Å². The summed E-state index contributed by atoms with van der Waals surface area (Å²) in [6, 6.07) is 2.14. The minimum Gasteiger partial charge on any atom is -0.469 e. The lowest BCUT2D eigenvalue weighted by Gasteiger charge is -2.22. The summed E-state index contributed by atoms with van der Waals surface area (Å²) in [5, 5.41) is 3.13. The number of amides is 1. The lowest BCUT2D eigenvalue weighted by atomic mass is 9.93. The van der Waals surface area contributed by atoms with Crippen LogP contribution in [0.5, 0.6) is 0 Å². The number of furan rings is 1. The second-order valence-electron chi connectivity index (χ2n) is 5.26. The van der Waals surface area contributed by atoms with E-state index in [2.05, 4.69) is 5.32 Å². The first-order valence-corrected chi connectivity index (χ1v) is 7.37. The number of unbranched alkanes of at least 4 members (excludes halogenated alkanes) is 3. The fraction of sp³-hybridized carbons (Fsp3) is 0.667. The molecule has 0 bridgehead atoms. The summed E-state index contributed by atoms with van der Waals surface area (Å²) in [6.45, 7) is 0.748. The van der Waals surface area contributed by atoms with Crippen molar-refractivity contribution < 1.29 is 9.21 Å². The number of nitrogens with one attached hydrogen (secondary N) is 1. The molecule has 1 aromatic heterocycles. The Morgan fingerprint density at radius 2 is 2.21 bits per heavy atom. The van der Waals surface area contributed by atoms with Crippen LogP contribution >= 0.6 is 0 Å². The van der Waals surface area contributed by atoms with Gasteiger partial charge in [0, 0.05) is 18.4 Å². The Morgan fingerprint density at radius 1 is 1.37 bits per heavy atom. The second-order valence-corrected chi connectivity index (χ2v) is 5.26. The molecular weight excluding hydrogens is 240 g/mol. The molecule has 1 unspecified atom stereocenters. The first-order valence-electron chi connectivity index (χ1n) is 7.37. The number of aryl methyl sites for hydroxylation is 1. The summed E-state index contributed by atoms with van der Waals surface area (Å²) in [5.41, 5.74) is 6.61. The van der Waals surface area contributed by atoms with Gasteiger partial charge in [0.15, 0.2) is 0 Å². The van der Waals surface area contributed by atoms with Crippen molar-refractivity contribution in [3.63, 3.8) is 0 Å². The Bertz CT molecular complexity index is 401. The van der Waals surface area contributed by atoms with E-state index < -0.39 is 0 Å². The molecule has 0 fully saturated rings. The second kappa shape index (κ2) is 7.34. The molecule has 0 radical (unpaired) electrons. The van der Waals surface area contributed by atoms with E-state index in [4.69, 9.17) is 10.2 Å². The van der Waals surface area contributed by atoms with E-state index in [1.54, 1.807) is 6.26 Å². The predicted octanol–water partition coefficient (Wildman–Crippen LogP) is 2.68. The fourth-order valence-corrected chi connectivity index (χ4v) is 2.69. The van der Waals surface area contributed by atoms with Crippen molar-refractivity contribution in [2.45, 2.75) is 57.4 Å². The Hall–Kier alpha value is -1.29. The van der Waals surface area contributed by atoms with Crippen molar-refractivity contribution >= 4 is 5.91 Å². The van der Waals surface area contributed by atoms with Crippen LogP contribution in [0.3, 0.4) is 0 Å². The molecule has 0 aromatic carbocycles. The highest BCUT2D eigenvalue weighted by atomic mass is 16.3. The van der Waals surface area contributed by atoms with Gasteiger partial charge < -0.3 is 15.5 Å². The van der Waals surface area contributed by atoms with Gasteiger partial charge in [-0.1, -0.05) is 12.8 Å². The van der Waals surface area contributed by atoms with Crippen LogP contribution in [0, 0.1) is 0 Å². The normalized spacial score (nSPS) is 18.1. The van der Waals surface area contributed by atoms with Gasteiger partial charge in [-0.2, -0.15) is 0 Å². The third-order valence-electron chi connectivity index (χ3n) is 3.75. The molecule has 1 aliphatic rings. The van der Waals surface area contributed by atoms with E-state index in [0.717, 1.165) is 57.3 Å². The van der Waals surface area contributed by atoms with Gasteiger partial charge in [-0.05, 0) is 38.3 Å². The molecular formula is C15H24N2O2. The number of rotatable bonds is 7. The first kappa shape index (κ1) is 14.1. The van der Waals surface area contributed by atoms with Crippen LogP contribution in [0.15, 0.2) is 16.7 Å². The van der Waals surface area contributed by atoms with E-state index in [1.807, 2.05) is 6.07 Å². The molecule has 3 N–H and O–H groups in total. The van der Waals surface area contributed by atoms with E-state index in [-0.39, 0.29) is 11.9 Å². The van der Waals surface area contributed by atoms with Crippen molar-refractivity contribution in [3.05, 3.63) is 23.7 Å². The van der Waals surface area contributed by atoms with E-state index in [1.165, 1.54) is 5.56 Å². The maximum absolute atomic E-state index is 11.9. The monoisotopic (exact) mass is 264 g/mol. The highest BCUT2D eigenvalue weighted by molar-refractivity contribution is 5.76. The molecule has 0 aliphatic heterocycles. The van der Waals surface area contributed by atoms with Crippen molar-refractivity contribution in [1.29, 1.82) is 0 Å². The number of nitrogens with two attached hydrogens (primary N) is 1. The van der Waals surface area contributed by atoms with Crippen LogP contribution < -0.4 is 11.1 Å². The van der Waals surface area contributed by atoms with Crippen LogP contribution in [0.1, 0.15) is 62.3 Å². The zero-order chi connectivity index (χ0) is 13.5. The molecule has 2 rings (SSSR count). The molecule has 4 nitrogen and oxygen atoms in total. The molecule has 1 amide bonds. The van der Waals surface area contributed by atoms with Crippen LogP contribution in [0.25, 0.3) is 0 Å². The van der Waals surface area contributed by atoms with Crippen molar-refractivity contribution in [1.82, 2.24) is 5.32 Å². The minimum absolute atomic E-state index is 0.152.